The SMILES string of the molecule is O=C(Cl)C=CCCCCC(=C1CCCCC1)c1ccccc1. The molecule has 0 atom stereocenters. The molecule has 2 rings (SSSR count). The highest BCUT2D eigenvalue weighted by Crippen LogP contribution is 2.33. The molecule has 1 nitrogen and oxygen atoms in total. The maximum atomic E-state index is 10.6. The van der Waals surface area contributed by atoms with E-state index in [9.17, 15) is 4.79 Å². The average molecular weight is 317 g/mol. The maximum absolute atomic E-state index is 10.6. The first-order chi connectivity index (χ1) is 10.8. The van der Waals surface area contributed by atoms with Gasteiger partial charge in [-0.15, -0.1) is 0 Å². The Hall–Kier alpha value is -1.34. The van der Waals surface area contributed by atoms with Crippen LogP contribution in [0, 0.1) is 0 Å². The van der Waals surface area contributed by atoms with Crippen molar-refractivity contribution in [2.24, 2.45) is 0 Å². The molecule has 1 aromatic rings. The number of carbonyl (C=O) groups excluding carboxylic acids is 1. The van der Waals surface area contributed by atoms with E-state index in [2.05, 4.69) is 30.3 Å². The first-order valence-electron chi connectivity index (χ1n) is 8.39. The van der Waals surface area contributed by atoms with Gasteiger partial charge in [0.2, 0.25) is 5.24 Å². The van der Waals surface area contributed by atoms with Crippen LogP contribution in [-0.2, 0) is 4.79 Å². The fourth-order valence-electron chi connectivity index (χ4n) is 3.18. The van der Waals surface area contributed by atoms with Crippen LogP contribution in [0.2, 0.25) is 0 Å². The zero-order chi connectivity index (χ0) is 15.6. The Kier molecular flexibility index (Phi) is 7.45. The number of rotatable bonds is 7. The van der Waals surface area contributed by atoms with Gasteiger partial charge in [0.25, 0.3) is 0 Å². The van der Waals surface area contributed by atoms with Crippen molar-refractivity contribution in [1.29, 1.82) is 0 Å². The van der Waals surface area contributed by atoms with Crippen molar-refractivity contribution in [2.75, 3.05) is 0 Å². The van der Waals surface area contributed by atoms with Crippen LogP contribution in [0.5, 0.6) is 0 Å². The zero-order valence-corrected chi connectivity index (χ0v) is 13.9. The summed E-state index contributed by atoms with van der Waals surface area (Å²) in [5, 5.41) is -0.380. The molecular weight excluding hydrogens is 292 g/mol. The second-order valence-electron chi connectivity index (χ2n) is 5.96. The number of halogens is 1. The van der Waals surface area contributed by atoms with Crippen molar-refractivity contribution in [2.45, 2.75) is 57.8 Å². The van der Waals surface area contributed by atoms with E-state index in [4.69, 9.17) is 11.6 Å². The second kappa shape index (κ2) is 9.63. The van der Waals surface area contributed by atoms with Gasteiger partial charge in [0.15, 0.2) is 0 Å². The normalized spacial score (nSPS) is 15.2. The molecule has 22 heavy (non-hydrogen) atoms. The summed E-state index contributed by atoms with van der Waals surface area (Å²) in [4.78, 5) is 10.6. The largest absolute Gasteiger partial charge is 0.276 e. The molecule has 1 aliphatic rings. The first kappa shape index (κ1) is 17.0. The van der Waals surface area contributed by atoms with E-state index < -0.39 is 0 Å². The smallest absolute Gasteiger partial charge is 0.244 e. The summed E-state index contributed by atoms with van der Waals surface area (Å²) in [6.07, 6.45) is 14.3. The number of allylic oxidation sites excluding steroid dienone is 4. The van der Waals surface area contributed by atoms with Gasteiger partial charge in [-0.25, -0.2) is 0 Å². The molecule has 0 spiro atoms. The number of hydrogen-bond acceptors (Lipinski definition) is 1. The molecule has 0 amide bonds. The molecule has 1 aliphatic carbocycles. The number of benzene rings is 1. The summed E-state index contributed by atoms with van der Waals surface area (Å²) in [6, 6.07) is 10.8. The average Bonchev–Trinajstić information content (AvgIpc) is 2.55. The van der Waals surface area contributed by atoms with E-state index in [-0.39, 0.29) is 5.24 Å². The Labute approximate surface area is 139 Å². The van der Waals surface area contributed by atoms with Crippen LogP contribution in [0.4, 0.5) is 0 Å². The molecule has 1 fully saturated rings. The summed E-state index contributed by atoms with van der Waals surface area (Å²) in [5.41, 5.74) is 4.63. The molecule has 0 aromatic heterocycles. The third-order valence-electron chi connectivity index (χ3n) is 4.30. The molecule has 0 radical (unpaired) electrons. The highest BCUT2D eigenvalue weighted by molar-refractivity contribution is 6.66. The lowest BCUT2D eigenvalue weighted by atomic mass is 9.86. The highest BCUT2D eigenvalue weighted by Gasteiger charge is 2.12. The van der Waals surface area contributed by atoms with Gasteiger partial charge in [-0.1, -0.05) is 48.4 Å². The number of hydrogen-bond donors (Lipinski definition) is 0. The van der Waals surface area contributed by atoms with E-state index in [1.165, 1.54) is 43.7 Å². The second-order valence-corrected chi connectivity index (χ2v) is 6.33. The molecular formula is C20H25ClO. The lowest BCUT2D eigenvalue weighted by Crippen LogP contribution is -1.99. The molecule has 118 valence electrons. The molecule has 0 aliphatic heterocycles. The molecule has 1 aromatic carbocycles. The van der Waals surface area contributed by atoms with Crippen LogP contribution in [0.15, 0.2) is 48.1 Å². The van der Waals surface area contributed by atoms with Gasteiger partial charge in [-0.2, -0.15) is 0 Å². The van der Waals surface area contributed by atoms with E-state index >= 15 is 0 Å². The molecule has 0 saturated heterocycles. The Balaban J connectivity index is 1.96. The third-order valence-corrected chi connectivity index (χ3v) is 4.43. The van der Waals surface area contributed by atoms with Crippen molar-refractivity contribution in [3.05, 3.63) is 53.6 Å². The summed E-state index contributed by atoms with van der Waals surface area (Å²) in [6.45, 7) is 0. The van der Waals surface area contributed by atoms with Crippen LogP contribution in [0.3, 0.4) is 0 Å². The predicted molar refractivity (Wildman–Crippen MR) is 94.9 cm³/mol. The maximum Gasteiger partial charge on any atom is 0.244 e. The van der Waals surface area contributed by atoms with E-state index in [1.807, 2.05) is 6.08 Å². The predicted octanol–water partition coefficient (Wildman–Crippen LogP) is 6.29. The molecule has 1 saturated carbocycles. The summed E-state index contributed by atoms with van der Waals surface area (Å²) in [7, 11) is 0. The van der Waals surface area contributed by atoms with E-state index in [0.717, 1.165) is 25.7 Å². The minimum Gasteiger partial charge on any atom is -0.276 e. The van der Waals surface area contributed by atoms with Gasteiger partial charge < -0.3 is 0 Å². The minimum atomic E-state index is -0.380. The summed E-state index contributed by atoms with van der Waals surface area (Å²) >= 11 is 5.29. The Morgan fingerprint density at radius 3 is 2.45 bits per heavy atom. The molecule has 0 heterocycles. The van der Waals surface area contributed by atoms with Crippen LogP contribution < -0.4 is 0 Å². The minimum absolute atomic E-state index is 0.380. The van der Waals surface area contributed by atoms with Crippen LogP contribution in [0.25, 0.3) is 5.57 Å². The third kappa shape index (κ3) is 5.81. The number of carbonyl (C=O) groups is 1. The number of unbranched alkanes of at least 4 members (excludes halogenated alkanes) is 2. The van der Waals surface area contributed by atoms with Crippen molar-refractivity contribution in [3.63, 3.8) is 0 Å². The lowest BCUT2D eigenvalue weighted by Gasteiger charge is -2.20. The molecule has 0 bridgehead atoms. The van der Waals surface area contributed by atoms with Gasteiger partial charge >= 0.3 is 0 Å². The monoisotopic (exact) mass is 316 g/mol. The van der Waals surface area contributed by atoms with Gasteiger partial charge in [0.1, 0.15) is 0 Å². The molecule has 0 N–H and O–H groups in total. The van der Waals surface area contributed by atoms with Crippen molar-refractivity contribution in [3.8, 4) is 0 Å². The summed E-state index contributed by atoms with van der Waals surface area (Å²) < 4.78 is 0. The van der Waals surface area contributed by atoms with Crippen LogP contribution in [0.1, 0.15) is 63.4 Å². The fourth-order valence-corrected chi connectivity index (χ4v) is 3.27. The Morgan fingerprint density at radius 2 is 1.77 bits per heavy atom. The van der Waals surface area contributed by atoms with Gasteiger partial charge in [0.05, 0.1) is 0 Å². The van der Waals surface area contributed by atoms with Crippen molar-refractivity contribution in [1.82, 2.24) is 0 Å². The van der Waals surface area contributed by atoms with E-state index in [0.29, 0.717) is 0 Å². The standard InChI is InChI=1S/C20H25ClO/c21-20(22)16-10-2-1-9-15-19(17-11-5-3-6-12-17)18-13-7-4-8-14-18/h3,5-6,10-12,16H,1-2,4,7-9,13-15H2. The first-order valence-corrected chi connectivity index (χ1v) is 8.77. The summed E-state index contributed by atoms with van der Waals surface area (Å²) in [5.74, 6) is 0. The Morgan fingerprint density at radius 1 is 1.05 bits per heavy atom. The fraction of sp³-hybridized carbons (Fsp3) is 0.450. The molecule has 2 heteroatoms. The lowest BCUT2D eigenvalue weighted by molar-refractivity contribution is -0.107. The van der Waals surface area contributed by atoms with Gasteiger partial charge in [-0.3, -0.25) is 4.79 Å². The quantitative estimate of drug-likeness (QED) is 0.328. The highest BCUT2D eigenvalue weighted by atomic mass is 35.5. The molecule has 0 unspecified atom stereocenters. The van der Waals surface area contributed by atoms with Crippen molar-refractivity contribution < 1.29 is 4.79 Å². The van der Waals surface area contributed by atoms with Gasteiger partial charge in [-0.05, 0) is 80.2 Å². The van der Waals surface area contributed by atoms with Crippen LogP contribution >= 0.6 is 11.6 Å². The van der Waals surface area contributed by atoms with E-state index in [1.54, 1.807) is 11.1 Å². The van der Waals surface area contributed by atoms with Crippen molar-refractivity contribution >= 4 is 22.4 Å². The van der Waals surface area contributed by atoms with Gasteiger partial charge in [0, 0.05) is 0 Å². The zero-order valence-electron chi connectivity index (χ0n) is 13.2. The Bertz CT molecular complexity index is 520. The topological polar surface area (TPSA) is 17.1 Å². The van der Waals surface area contributed by atoms with Crippen LogP contribution in [-0.4, -0.2) is 5.24 Å².